The van der Waals surface area contributed by atoms with Gasteiger partial charge in [0.1, 0.15) is 6.04 Å². The van der Waals surface area contributed by atoms with Crippen LogP contribution in [0.2, 0.25) is 0 Å². The quantitative estimate of drug-likeness (QED) is 0.685. The van der Waals surface area contributed by atoms with Gasteiger partial charge in [-0.15, -0.1) is 0 Å². The number of hydrogen-bond donors (Lipinski definition) is 2. The fraction of sp³-hybridized carbons (Fsp3) is 0.625. The first kappa shape index (κ1) is 23.9. The first-order valence-electron chi connectivity index (χ1n) is 11.1. The van der Waals surface area contributed by atoms with Crippen molar-refractivity contribution in [2.75, 3.05) is 19.6 Å². The van der Waals surface area contributed by atoms with E-state index in [1.807, 2.05) is 57.7 Å². The maximum Gasteiger partial charge on any atom is 0.252 e. The first-order chi connectivity index (χ1) is 14.2. The molecular weight excluding hydrogens is 378 g/mol. The van der Waals surface area contributed by atoms with Crippen LogP contribution < -0.4 is 10.6 Å². The minimum atomic E-state index is -0.599. The minimum absolute atomic E-state index is 0.00762. The second-order valence-corrected chi connectivity index (χ2v) is 9.22. The Labute approximate surface area is 180 Å². The highest BCUT2D eigenvalue weighted by Gasteiger charge is 2.34. The largest absolute Gasteiger partial charge is 0.354 e. The van der Waals surface area contributed by atoms with Gasteiger partial charge in [0.2, 0.25) is 11.8 Å². The molecule has 1 heterocycles. The number of amides is 3. The van der Waals surface area contributed by atoms with E-state index in [1.165, 1.54) is 0 Å². The van der Waals surface area contributed by atoms with Crippen molar-refractivity contribution >= 4 is 17.7 Å². The fourth-order valence-corrected chi connectivity index (χ4v) is 3.82. The van der Waals surface area contributed by atoms with Gasteiger partial charge in [-0.1, -0.05) is 45.9 Å². The van der Waals surface area contributed by atoms with Crippen LogP contribution in [0.1, 0.15) is 62.9 Å². The van der Waals surface area contributed by atoms with Crippen molar-refractivity contribution < 1.29 is 14.4 Å². The third-order valence-corrected chi connectivity index (χ3v) is 5.59. The van der Waals surface area contributed by atoms with Crippen LogP contribution in [0.4, 0.5) is 0 Å². The summed E-state index contributed by atoms with van der Waals surface area (Å²) in [5, 5.41) is 5.97. The number of nitrogens with one attached hydrogen (secondary N) is 2. The Hall–Kier alpha value is -2.37. The molecule has 0 aliphatic carbocycles. The zero-order valence-electron chi connectivity index (χ0n) is 19.0. The molecule has 0 spiro atoms. The minimum Gasteiger partial charge on any atom is -0.354 e. The van der Waals surface area contributed by atoms with Gasteiger partial charge in [-0.25, -0.2) is 0 Å². The van der Waals surface area contributed by atoms with Gasteiger partial charge in [-0.2, -0.15) is 0 Å². The Bertz CT molecular complexity index is 737. The lowest BCUT2D eigenvalue weighted by Gasteiger charge is -2.36. The molecule has 3 amide bonds. The normalized spacial score (nSPS) is 15.9. The SMILES string of the molecule is Cc1ccccc1C(=O)NC(C(=O)NCC(C)C)C1CCN(C(=O)CC(C)C)CC1. The molecule has 6 nitrogen and oxygen atoms in total. The summed E-state index contributed by atoms with van der Waals surface area (Å²) in [5.74, 6) is 0.477. The zero-order chi connectivity index (χ0) is 22.3. The number of carbonyl (C=O) groups excluding carboxylic acids is 3. The highest BCUT2D eigenvalue weighted by molar-refractivity contribution is 5.98. The summed E-state index contributed by atoms with van der Waals surface area (Å²) < 4.78 is 0. The molecule has 1 aromatic rings. The Balaban J connectivity index is 2.08. The van der Waals surface area contributed by atoms with E-state index in [2.05, 4.69) is 10.6 Å². The lowest BCUT2D eigenvalue weighted by molar-refractivity contribution is -0.133. The highest BCUT2D eigenvalue weighted by atomic mass is 16.2. The van der Waals surface area contributed by atoms with Crippen LogP contribution in [0.25, 0.3) is 0 Å². The van der Waals surface area contributed by atoms with Crippen molar-refractivity contribution in [2.24, 2.45) is 17.8 Å². The van der Waals surface area contributed by atoms with E-state index in [0.717, 1.165) is 5.56 Å². The van der Waals surface area contributed by atoms with E-state index < -0.39 is 6.04 Å². The van der Waals surface area contributed by atoms with Crippen molar-refractivity contribution in [2.45, 2.75) is 59.9 Å². The van der Waals surface area contributed by atoms with Crippen LogP contribution in [0.15, 0.2) is 24.3 Å². The summed E-state index contributed by atoms with van der Waals surface area (Å²) in [6.45, 7) is 11.9. The number of nitrogens with zero attached hydrogens (tertiary/aromatic N) is 1. The molecule has 30 heavy (non-hydrogen) atoms. The molecule has 2 N–H and O–H groups in total. The number of carbonyl (C=O) groups is 3. The number of rotatable bonds is 8. The summed E-state index contributed by atoms with van der Waals surface area (Å²) in [5.41, 5.74) is 1.47. The molecule has 0 bridgehead atoms. The Kier molecular flexibility index (Phi) is 8.88. The van der Waals surface area contributed by atoms with Gasteiger partial charge < -0.3 is 15.5 Å². The molecule has 1 aliphatic heterocycles. The molecule has 0 radical (unpaired) electrons. The number of hydrogen-bond acceptors (Lipinski definition) is 3. The van der Waals surface area contributed by atoms with Gasteiger partial charge >= 0.3 is 0 Å². The van der Waals surface area contributed by atoms with Crippen LogP contribution in [-0.2, 0) is 9.59 Å². The summed E-state index contributed by atoms with van der Waals surface area (Å²) in [6.07, 6.45) is 1.96. The summed E-state index contributed by atoms with van der Waals surface area (Å²) in [7, 11) is 0. The predicted octanol–water partition coefficient (Wildman–Crippen LogP) is 3.15. The lowest BCUT2D eigenvalue weighted by Crippen LogP contribution is -2.54. The van der Waals surface area contributed by atoms with Gasteiger partial charge in [0, 0.05) is 31.6 Å². The maximum absolute atomic E-state index is 13.0. The highest BCUT2D eigenvalue weighted by Crippen LogP contribution is 2.23. The van der Waals surface area contributed by atoms with E-state index in [9.17, 15) is 14.4 Å². The lowest BCUT2D eigenvalue weighted by atomic mass is 9.88. The number of aryl methyl sites for hydroxylation is 1. The average molecular weight is 416 g/mol. The summed E-state index contributed by atoms with van der Waals surface area (Å²) in [4.78, 5) is 40.1. The first-order valence-corrected chi connectivity index (χ1v) is 11.1. The van der Waals surface area contributed by atoms with Gasteiger partial charge in [-0.3, -0.25) is 14.4 Å². The molecule has 1 atom stereocenters. The predicted molar refractivity (Wildman–Crippen MR) is 119 cm³/mol. The molecule has 1 aliphatic rings. The molecule has 1 fully saturated rings. The van der Waals surface area contributed by atoms with Crippen LogP contribution >= 0.6 is 0 Å². The molecule has 1 aromatic carbocycles. The van der Waals surface area contributed by atoms with Crippen molar-refractivity contribution in [3.8, 4) is 0 Å². The molecule has 166 valence electrons. The van der Waals surface area contributed by atoms with Gasteiger partial charge in [-0.05, 0) is 49.1 Å². The third kappa shape index (κ3) is 6.85. The summed E-state index contributed by atoms with van der Waals surface area (Å²) in [6, 6.07) is 6.79. The van der Waals surface area contributed by atoms with Gasteiger partial charge in [0.05, 0.1) is 0 Å². The second kappa shape index (κ2) is 11.1. The molecule has 0 saturated carbocycles. The smallest absolute Gasteiger partial charge is 0.252 e. The van der Waals surface area contributed by atoms with Crippen molar-refractivity contribution in [1.29, 1.82) is 0 Å². The second-order valence-electron chi connectivity index (χ2n) is 9.22. The molecule has 1 saturated heterocycles. The van der Waals surface area contributed by atoms with Crippen LogP contribution in [0.5, 0.6) is 0 Å². The number of likely N-dealkylation sites (tertiary alicyclic amines) is 1. The number of benzene rings is 1. The van der Waals surface area contributed by atoms with E-state index >= 15 is 0 Å². The maximum atomic E-state index is 13.0. The Morgan fingerprint density at radius 1 is 1.03 bits per heavy atom. The number of piperidine rings is 1. The molecule has 1 unspecified atom stereocenters. The van der Waals surface area contributed by atoms with Crippen LogP contribution in [-0.4, -0.2) is 48.3 Å². The summed E-state index contributed by atoms with van der Waals surface area (Å²) >= 11 is 0. The van der Waals surface area contributed by atoms with E-state index in [-0.39, 0.29) is 23.6 Å². The monoisotopic (exact) mass is 415 g/mol. The van der Waals surface area contributed by atoms with E-state index in [4.69, 9.17) is 0 Å². The van der Waals surface area contributed by atoms with Crippen molar-refractivity contribution in [3.05, 3.63) is 35.4 Å². The van der Waals surface area contributed by atoms with Gasteiger partial charge in [0.25, 0.3) is 5.91 Å². The van der Waals surface area contributed by atoms with E-state index in [0.29, 0.717) is 56.3 Å². The van der Waals surface area contributed by atoms with Crippen molar-refractivity contribution in [1.82, 2.24) is 15.5 Å². The van der Waals surface area contributed by atoms with Gasteiger partial charge in [0.15, 0.2) is 0 Å². The standard InChI is InChI=1S/C24H37N3O3/c1-16(2)14-21(28)27-12-10-19(11-13-27)22(24(30)25-15-17(3)4)26-23(29)20-9-7-6-8-18(20)5/h6-9,16-17,19,22H,10-15H2,1-5H3,(H,25,30)(H,26,29). The fourth-order valence-electron chi connectivity index (χ4n) is 3.82. The molecule has 2 rings (SSSR count). The topological polar surface area (TPSA) is 78.5 Å². The third-order valence-electron chi connectivity index (χ3n) is 5.59. The molecular formula is C24H37N3O3. The van der Waals surface area contributed by atoms with E-state index in [1.54, 1.807) is 6.07 Å². The molecule has 0 aromatic heterocycles. The van der Waals surface area contributed by atoms with Crippen LogP contribution in [0.3, 0.4) is 0 Å². The zero-order valence-corrected chi connectivity index (χ0v) is 19.0. The Morgan fingerprint density at radius 2 is 1.67 bits per heavy atom. The Morgan fingerprint density at radius 3 is 2.23 bits per heavy atom. The van der Waals surface area contributed by atoms with Crippen LogP contribution in [0, 0.1) is 24.7 Å². The average Bonchev–Trinajstić information content (AvgIpc) is 2.70. The molecule has 6 heteroatoms. The van der Waals surface area contributed by atoms with Crippen molar-refractivity contribution in [3.63, 3.8) is 0 Å².